The van der Waals surface area contributed by atoms with Crippen LogP contribution in [-0.4, -0.2) is 43.3 Å². The molecule has 0 N–H and O–H groups in total. The summed E-state index contributed by atoms with van der Waals surface area (Å²) in [6, 6.07) is 11.8. The lowest BCUT2D eigenvalue weighted by Gasteiger charge is -2.40. The van der Waals surface area contributed by atoms with Gasteiger partial charge in [-0.25, -0.2) is 0 Å². The van der Waals surface area contributed by atoms with Crippen LogP contribution < -0.4 is 0 Å². The lowest BCUT2D eigenvalue weighted by Crippen LogP contribution is -2.44. The third-order valence-electron chi connectivity index (χ3n) is 5.16. The molecule has 22 heavy (non-hydrogen) atoms. The van der Waals surface area contributed by atoms with Gasteiger partial charge in [-0.3, -0.25) is 4.90 Å². The van der Waals surface area contributed by atoms with Crippen LogP contribution in [0.5, 0.6) is 0 Å². The van der Waals surface area contributed by atoms with E-state index in [0.717, 1.165) is 39.1 Å². The van der Waals surface area contributed by atoms with E-state index in [0.29, 0.717) is 18.3 Å². The quantitative estimate of drug-likeness (QED) is 0.855. The summed E-state index contributed by atoms with van der Waals surface area (Å²) in [7, 11) is 0. The molecule has 0 bridgehead atoms. The number of fused-ring (bicyclic) bond motifs is 1. The van der Waals surface area contributed by atoms with Gasteiger partial charge in [0, 0.05) is 6.04 Å². The maximum absolute atomic E-state index is 6.09. The molecule has 0 aromatic heterocycles. The number of benzene rings is 1. The number of piperidine rings is 1. The average molecular weight is 303 g/mol. The molecule has 3 aliphatic heterocycles. The molecule has 0 saturated carbocycles. The van der Waals surface area contributed by atoms with Crippen molar-refractivity contribution in [2.45, 2.75) is 56.7 Å². The molecule has 3 fully saturated rings. The Bertz CT molecular complexity index is 474. The molecule has 0 amide bonds. The lowest BCUT2D eigenvalue weighted by atomic mass is 9.94. The summed E-state index contributed by atoms with van der Waals surface area (Å²) in [6.45, 7) is 2.32. The van der Waals surface area contributed by atoms with Crippen LogP contribution in [-0.2, 0) is 14.2 Å². The molecule has 4 heteroatoms. The number of hydrogen-bond donors (Lipinski definition) is 0. The van der Waals surface area contributed by atoms with Gasteiger partial charge in [0.2, 0.25) is 0 Å². The van der Waals surface area contributed by atoms with Crippen LogP contribution in [0.1, 0.15) is 43.7 Å². The van der Waals surface area contributed by atoms with Crippen LogP contribution in [0, 0.1) is 0 Å². The summed E-state index contributed by atoms with van der Waals surface area (Å²) in [6.07, 6.45) is 6.13. The largest absolute Gasteiger partial charge is 0.361 e. The van der Waals surface area contributed by atoms with E-state index in [4.69, 9.17) is 14.2 Å². The fourth-order valence-electron chi connectivity index (χ4n) is 4.11. The highest BCUT2D eigenvalue weighted by Gasteiger charge is 2.42. The molecule has 3 aliphatic rings. The monoisotopic (exact) mass is 303 g/mol. The number of ether oxygens (including phenoxy) is 3. The Kier molecular flexibility index (Phi) is 4.44. The fourth-order valence-corrected chi connectivity index (χ4v) is 4.11. The Labute approximate surface area is 132 Å². The van der Waals surface area contributed by atoms with Crippen molar-refractivity contribution in [3.8, 4) is 0 Å². The predicted molar refractivity (Wildman–Crippen MR) is 83.3 cm³/mol. The molecule has 4 nitrogen and oxygen atoms in total. The van der Waals surface area contributed by atoms with Crippen LogP contribution in [0.4, 0.5) is 0 Å². The molecule has 3 heterocycles. The molecule has 0 aliphatic carbocycles. The SMILES string of the molecule is c1ccc([C@H]2COC3CCC[C@@H](CCC4OCCO4)N32)cc1. The highest BCUT2D eigenvalue weighted by molar-refractivity contribution is 5.20. The summed E-state index contributed by atoms with van der Waals surface area (Å²) in [5.74, 6) is 0. The minimum atomic E-state index is 0.0130. The van der Waals surface area contributed by atoms with Crippen molar-refractivity contribution in [1.29, 1.82) is 0 Å². The van der Waals surface area contributed by atoms with E-state index in [1.165, 1.54) is 18.4 Å². The van der Waals surface area contributed by atoms with Crippen LogP contribution in [0.25, 0.3) is 0 Å². The maximum atomic E-state index is 6.09. The number of hydrogen-bond acceptors (Lipinski definition) is 4. The van der Waals surface area contributed by atoms with Crippen LogP contribution >= 0.6 is 0 Å². The van der Waals surface area contributed by atoms with Gasteiger partial charge in [0.05, 0.1) is 25.9 Å². The second-order valence-corrected chi connectivity index (χ2v) is 6.49. The Morgan fingerprint density at radius 3 is 2.59 bits per heavy atom. The first kappa shape index (κ1) is 14.6. The first-order chi connectivity index (χ1) is 10.9. The molecule has 3 atom stereocenters. The Hall–Kier alpha value is -0.940. The second kappa shape index (κ2) is 6.67. The molecule has 1 aromatic rings. The van der Waals surface area contributed by atoms with Gasteiger partial charge in [0.25, 0.3) is 0 Å². The van der Waals surface area contributed by atoms with Gasteiger partial charge < -0.3 is 14.2 Å². The minimum absolute atomic E-state index is 0.0130. The first-order valence-corrected chi connectivity index (χ1v) is 8.59. The third kappa shape index (κ3) is 2.93. The van der Waals surface area contributed by atoms with Crippen molar-refractivity contribution in [1.82, 2.24) is 4.90 Å². The van der Waals surface area contributed by atoms with Crippen LogP contribution in [0.2, 0.25) is 0 Å². The Morgan fingerprint density at radius 1 is 0.955 bits per heavy atom. The molecule has 0 spiro atoms. The summed E-state index contributed by atoms with van der Waals surface area (Å²) in [5.41, 5.74) is 1.38. The standard InChI is InChI=1S/C18H25NO3/c1-2-5-14(6-3-1)16-13-22-17-8-4-7-15(19(16)17)9-10-18-20-11-12-21-18/h1-3,5-6,15-18H,4,7-13H2/t15-,16+,17?/m0/s1. The fraction of sp³-hybridized carbons (Fsp3) is 0.667. The van der Waals surface area contributed by atoms with E-state index >= 15 is 0 Å². The van der Waals surface area contributed by atoms with Gasteiger partial charge >= 0.3 is 0 Å². The van der Waals surface area contributed by atoms with Gasteiger partial charge in [0.1, 0.15) is 6.23 Å². The van der Waals surface area contributed by atoms with Gasteiger partial charge in [-0.15, -0.1) is 0 Å². The highest BCUT2D eigenvalue weighted by atomic mass is 16.7. The van der Waals surface area contributed by atoms with Crippen LogP contribution in [0.15, 0.2) is 30.3 Å². The summed E-state index contributed by atoms with van der Waals surface area (Å²) >= 11 is 0. The smallest absolute Gasteiger partial charge is 0.157 e. The summed E-state index contributed by atoms with van der Waals surface area (Å²) in [5, 5.41) is 0. The zero-order valence-electron chi connectivity index (χ0n) is 13.0. The molecule has 4 rings (SSSR count). The third-order valence-corrected chi connectivity index (χ3v) is 5.16. The first-order valence-electron chi connectivity index (χ1n) is 8.59. The number of nitrogens with zero attached hydrogens (tertiary/aromatic N) is 1. The van der Waals surface area contributed by atoms with Gasteiger partial charge in [-0.2, -0.15) is 0 Å². The highest BCUT2D eigenvalue weighted by Crippen LogP contribution is 2.40. The molecule has 3 saturated heterocycles. The van der Waals surface area contributed by atoms with Crippen molar-refractivity contribution in [3.05, 3.63) is 35.9 Å². The summed E-state index contributed by atoms with van der Waals surface area (Å²) in [4.78, 5) is 2.62. The van der Waals surface area contributed by atoms with Crippen molar-refractivity contribution in [2.24, 2.45) is 0 Å². The van der Waals surface area contributed by atoms with E-state index in [1.807, 2.05) is 0 Å². The Balaban J connectivity index is 1.46. The summed E-state index contributed by atoms with van der Waals surface area (Å²) < 4.78 is 17.3. The van der Waals surface area contributed by atoms with E-state index in [1.54, 1.807) is 0 Å². The van der Waals surface area contributed by atoms with E-state index in [2.05, 4.69) is 35.2 Å². The van der Waals surface area contributed by atoms with E-state index in [-0.39, 0.29) is 6.29 Å². The topological polar surface area (TPSA) is 30.9 Å². The van der Waals surface area contributed by atoms with Crippen molar-refractivity contribution in [2.75, 3.05) is 19.8 Å². The second-order valence-electron chi connectivity index (χ2n) is 6.49. The molecule has 0 radical (unpaired) electrons. The van der Waals surface area contributed by atoms with Crippen molar-refractivity contribution >= 4 is 0 Å². The minimum Gasteiger partial charge on any atom is -0.361 e. The zero-order chi connectivity index (χ0) is 14.8. The molecule has 1 unspecified atom stereocenters. The molecular weight excluding hydrogens is 278 g/mol. The normalized spacial score (nSPS) is 33.2. The van der Waals surface area contributed by atoms with E-state index < -0.39 is 0 Å². The predicted octanol–water partition coefficient (Wildman–Crippen LogP) is 3.09. The average Bonchev–Trinajstić information content (AvgIpc) is 3.23. The lowest BCUT2D eigenvalue weighted by molar-refractivity contribution is -0.0650. The van der Waals surface area contributed by atoms with Crippen LogP contribution in [0.3, 0.4) is 0 Å². The number of rotatable bonds is 4. The van der Waals surface area contributed by atoms with Gasteiger partial charge in [-0.1, -0.05) is 30.3 Å². The molecule has 120 valence electrons. The van der Waals surface area contributed by atoms with Gasteiger partial charge in [-0.05, 0) is 37.7 Å². The maximum Gasteiger partial charge on any atom is 0.157 e. The Morgan fingerprint density at radius 2 is 1.77 bits per heavy atom. The molecule has 1 aromatic carbocycles. The molecular formula is C18H25NO3. The van der Waals surface area contributed by atoms with E-state index in [9.17, 15) is 0 Å². The van der Waals surface area contributed by atoms with Crippen molar-refractivity contribution in [3.63, 3.8) is 0 Å². The van der Waals surface area contributed by atoms with Gasteiger partial charge in [0.15, 0.2) is 6.29 Å². The zero-order valence-corrected chi connectivity index (χ0v) is 13.0. The van der Waals surface area contributed by atoms with Crippen molar-refractivity contribution < 1.29 is 14.2 Å².